The molecule has 1 aliphatic carbocycles. The van der Waals surface area contributed by atoms with Crippen LogP contribution in [0, 0.1) is 11.3 Å². The van der Waals surface area contributed by atoms with Gasteiger partial charge in [0.2, 0.25) is 0 Å². The minimum atomic E-state index is -0.245. The van der Waals surface area contributed by atoms with E-state index in [2.05, 4.69) is 13.8 Å². The van der Waals surface area contributed by atoms with Crippen LogP contribution in [0.4, 0.5) is 0 Å². The summed E-state index contributed by atoms with van der Waals surface area (Å²) in [4.78, 5) is 23.1. The Hall–Kier alpha value is -0.860. The monoisotopic (exact) mass is 212 g/mol. The second kappa shape index (κ2) is 4.77. The topological polar surface area (TPSA) is 43.4 Å². The van der Waals surface area contributed by atoms with Gasteiger partial charge in [0, 0.05) is 12.3 Å². The van der Waals surface area contributed by atoms with Crippen molar-refractivity contribution in [3.63, 3.8) is 0 Å². The molecule has 0 aromatic carbocycles. The summed E-state index contributed by atoms with van der Waals surface area (Å²) in [6.45, 7) is 6.30. The van der Waals surface area contributed by atoms with Crippen LogP contribution in [0.15, 0.2) is 0 Å². The Bertz CT molecular complexity index is 256. The minimum Gasteiger partial charge on any atom is -0.466 e. The summed E-state index contributed by atoms with van der Waals surface area (Å²) in [5, 5.41) is 0. The quantitative estimate of drug-likeness (QED) is 0.674. The Labute approximate surface area is 91.2 Å². The first-order valence-corrected chi connectivity index (χ1v) is 5.65. The van der Waals surface area contributed by atoms with E-state index >= 15 is 0 Å². The largest absolute Gasteiger partial charge is 0.466 e. The molecule has 1 unspecified atom stereocenters. The fraction of sp³-hybridized carbons (Fsp3) is 0.833. The van der Waals surface area contributed by atoms with Crippen LogP contribution in [0.25, 0.3) is 0 Å². The Balaban J connectivity index is 2.63. The second-order valence-electron chi connectivity index (χ2n) is 4.87. The van der Waals surface area contributed by atoms with E-state index in [1.165, 1.54) is 0 Å². The molecule has 1 saturated carbocycles. The first-order valence-electron chi connectivity index (χ1n) is 5.65. The predicted molar refractivity (Wildman–Crippen MR) is 57.4 cm³/mol. The van der Waals surface area contributed by atoms with Gasteiger partial charge in [-0.15, -0.1) is 0 Å². The van der Waals surface area contributed by atoms with Gasteiger partial charge in [-0.1, -0.05) is 13.8 Å². The van der Waals surface area contributed by atoms with Crippen LogP contribution in [-0.2, 0) is 14.3 Å². The number of carbonyl (C=O) groups is 2. The van der Waals surface area contributed by atoms with E-state index < -0.39 is 0 Å². The molecule has 0 heterocycles. The van der Waals surface area contributed by atoms with Crippen LogP contribution in [0.1, 0.15) is 46.5 Å². The first kappa shape index (κ1) is 12.2. The molecular formula is C12H20O3. The summed E-state index contributed by atoms with van der Waals surface area (Å²) in [6, 6.07) is 0. The zero-order valence-corrected chi connectivity index (χ0v) is 9.84. The van der Waals surface area contributed by atoms with E-state index in [1.54, 1.807) is 6.92 Å². The second-order valence-corrected chi connectivity index (χ2v) is 4.87. The molecule has 0 aliphatic heterocycles. The highest BCUT2D eigenvalue weighted by Crippen LogP contribution is 2.40. The van der Waals surface area contributed by atoms with Crippen molar-refractivity contribution < 1.29 is 14.3 Å². The molecule has 0 saturated heterocycles. The van der Waals surface area contributed by atoms with E-state index in [9.17, 15) is 9.59 Å². The van der Waals surface area contributed by atoms with Gasteiger partial charge >= 0.3 is 5.97 Å². The van der Waals surface area contributed by atoms with Crippen molar-refractivity contribution in [2.75, 3.05) is 6.61 Å². The molecule has 86 valence electrons. The van der Waals surface area contributed by atoms with Crippen LogP contribution in [0.5, 0.6) is 0 Å². The van der Waals surface area contributed by atoms with Gasteiger partial charge < -0.3 is 4.74 Å². The van der Waals surface area contributed by atoms with E-state index in [0.29, 0.717) is 13.0 Å². The summed E-state index contributed by atoms with van der Waals surface area (Å²) in [5.41, 5.74) is -0.0535. The van der Waals surface area contributed by atoms with Crippen LogP contribution >= 0.6 is 0 Å². The number of Topliss-reactive ketones (excluding diaryl/α,β-unsaturated/α-hetero) is 1. The summed E-state index contributed by atoms with van der Waals surface area (Å²) in [6.07, 6.45) is 2.83. The fourth-order valence-electron chi connectivity index (χ4n) is 2.28. The van der Waals surface area contributed by atoms with Gasteiger partial charge in [-0.3, -0.25) is 9.59 Å². The van der Waals surface area contributed by atoms with Crippen LogP contribution in [0.3, 0.4) is 0 Å². The highest BCUT2D eigenvalue weighted by atomic mass is 16.5. The summed E-state index contributed by atoms with van der Waals surface area (Å²) in [7, 11) is 0. The van der Waals surface area contributed by atoms with Gasteiger partial charge in [0.1, 0.15) is 5.78 Å². The molecule has 0 aromatic heterocycles. The zero-order chi connectivity index (χ0) is 11.5. The van der Waals surface area contributed by atoms with Crippen molar-refractivity contribution in [2.45, 2.75) is 46.5 Å². The number of esters is 1. The lowest BCUT2D eigenvalue weighted by molar-refractivity contribution is -0.149. The number of ketones is 1. The molecule has 0 bridgehead atoms. The Morgan fingerprint density at radius 1 is 1.53 bits per heavy atom. The van der Waals surface area contributed by atoms with Crippen molar-refractivity contribution in [3.8, 4) is 0 Å². The zero-order valence-electron chi connectivity index (χ0n) is 9.84. The Morgan fingerprint density at radius 3 is 2.73 bits per heavy atom. The van der Waals surface area contributed by atoms with Gasteiger partial charge in [0.25, 0.3) is 0 Å². The van der Waals surface area contributed by atoms with E-state index in [4.69, 9.17) is 4.74 Å². The average molecular weight is 212 g/mol. The normalized spacial score (nSPS) is 25.0. The third-order valence-corrected chi connectivity index (χ3v) is 3.25. The van der Waals surface area contributed by atoms with E-state index in [1.807, 2.05) is 0 Å². The van der Waals surface area contributed by atoms with Crippen LogP contribution in [0.2, 0.25) is 0 Å². The third-order valence-electron chi connectivity index (χ3n) is 3.25. The van der Waals surface area contributed by atoms with Crippen LogP contribution < -0.4 is 0 Å². The highest BCUT2D eigenvalue weighted by molar-refractivity contribution is 5.86. The van der Waals surface area contributed by atoms with Gasteiger partial charge in [-0.2, -0.15) is 0 Å². The van der Waals surface area contributed by atoms with Crippen molar-refractivity contribution >= 4 is 11.8 Å². The number of carbonyl (C=O) groups excluding carboxylic acids is 2. The standard InChI is InChI=1S/C12H20O3/c1-4-15-11(14)8-9-10(13)6-5-7-12(9,2)3/h9H,4-8H2,1-3H3. The molecular weight excluding hydrogens is 192 g/mol. The number of hydrogen-bond acceptors (Lipinski definition) is 3. The van der Waals surface area contributed by atoms with Crippen molar-refractivity contribution in [1.82, 2.24) is 0 Å². The third kappa shape index (κ3) is 3.05. The molecule has 3 nitrogen and oxygen atoms in total. The maximum absolute atomic E-state index is 11.7. The summed E-state index contributed by atoms with van der Waals surface area (Å²) < 4.78 is 4.90. The lowest BCUT2D eigenvalue weighted by Gasteiger charge is -2.36. The predicted octanol–water partition coefficient (Wildman–Crippen LogP) is 2.33. The first-order chi connectivity index (χ1) is 6.97. The minimum absolute atomic E-state index is 0.0535. The molecule has 1 atom stereocenters. The lowest BCUT2D eigenvalue weighted by Crippen LogP contribution is -2.37. The highest BCUT2D eigenvalue weighted by Gasteiger charge is 2.39. The fourth-order valence-corrected chi connectivity index (χ4v) is 2.28. The van der Waals surface area contributed by atoms with Crippen LogP contribution in [-0.4, -0.2) is 18.4 Å². The molecule has 1 aliphatic rings. The summed E-state index contributed by atoms with van der Waals surface area (Å²) in [5.74, 6) is -0.171. The Kier molecular flexibility index (Phi) is 3.89. The molecule has 0 N–H and O–H groups in total. The lowest BCUT2D eigenvalue weighted by atomic mass is 9.67. The van der Waals surface area contributed by atoms with Crippen molar-refractivity contribution in [2.24, 2.45) is 11.3 Å². The Morgan fingerprint density at radius 2 is 2.20 bits per heavy atom. The number of hydrogen-bond donors (Lipinski definition) is 0. The van der Waals surface area contributed by atoms with E-state index in [0.717, 1.165) is 12.8 Å². The molecule has 3 heteroatoms. The SMILES string of the molecule is CCOC(=O)CC1C(=O)CCCC1(C)C. The molecule has 0 spiro atoms. The maximum atomic E-state index is 11.7. The number of rotatable bonds is 3. The molecule has 1 rings (SSSR count). The van der Waals surface area contributed by atoms with Gasteiger partial charge in [-0.05, 0) is 25.2 Å². The summed E-state index contributed by atoms with van der Waals surface area (Å²) >= 11 is 0. The molecule has 0 amide bonds. The molecule has 0 aromatic rings. The van der Waals surface area contributed by atoms with Gasteiger partial charge in [0.05, 0.1) is 13.0 Å². The average Bonchev–Trinajstić information content (AvgIpc) is 2.12. The smallest absolute Gasteiger partial charge is 0.306 e. The molecule has 0 radical (unpaired) electrons. The van der Waals surface area contributed by atoms with Crippen molar-refractivity contribution in [3.05, 3.63) is 0 Å². The maximum Gasteiger partial charge on any atom is 0.306 e. The molecule has 15 heavy (non-hydrogen) atoms. The van der Waals surface area contributed by atoms with Crippen molar-refractivity contribution in [1.29, 1.82) is 0 Å². The number of ether oxygens (including phenoxy) is 1. The van der Waals surface area contributed by atoms with Gasteiger partial charge in [0.15, 0.2) is 0 Å². The molecule has 1 fully saturated rings. The van der Waals surface area contributed by atoms with Gasteiger partial charge in [-0.25, -0.2) is 0 Å². The van der Waals surface area contributed by atoms with E-state index in [-0.39, 0.29) is 29.5 Å².